The number of imide groups is 1. The van der Waals surface area contributed by atoms with Crippen molar-refractivity contribution in [3.63, 3.8) is 0 Å². The van der Waals surface area contributed by atoms with E-state index < -0.39 is 18.0 Å². The van der Waals surface area contributed by atoms with Gasteiger partial charge >= 0.3 is 12.0 Å². The van der Waals surface area contributed by atoms with Gasteiger partial charge in [-0.3, -0.25) is 14.9 Å². The normalized spacial score (nSPS) is 16.4. The van der Waals surface area contributed by atoms with Crippen LogP contribution in [0.25, 0.3) is 0 Å². The third-order valence-corrected chi connectivity index (χ3v) is 2.04. The van der Waals surface area contributed by atoms with Gasteiger partial charge < -0.3 is 10.1 Å². The van der Waals surface area contributed by atoms with Gasteiger partial charge in [-0.2, -0.15) is 0 Å². The predicted octanol–water partition coefficient (Wildman–Crippen LogP) is -0.216. The van der Waals surface area contributed by atoms with E-state index in [1.807, 2.05) is 5.32 Å². The molecule has 6 nitrogen and oxygen atoms in total. The van der Waals surface area contributed by atoms with Crippen molar-refractivity contribution in [3.8, 4) is 0 Å². The lowest BCUT2D eigenvalue weighted by Gasteiger charge is -2.12. The fourth-order valence-corrected chi connectivity index (χ4v) is 0.919. The molecule has 84 valence electrons. The van der Waals surface area contributed by atoms with Gasteiger partial charge in [-0.05, 0) is 19.8 Å². The van der Waals surface area contributed by atoms with Crippen molar-refractivity contribution in [2.24, 2.45) is 5.92 Å². The second kappa shape index (κ2) is 4.77. The molecule has 0 heterocycles. The first-order valence-electron chi connectivity index (χ1n) is 4.77. The van der Waals surface area contributed by atoms with E-state index in [1.54, 1.807) is 0 Å². The molecule has 6 heteroatoms. The van der Waals surface area contributed by atoms with Crippen LogP contribution in [-0.2, 0) is 14.3 Å². The number of esters is 1. The number of urea groups is 1. The van der Waals surface area contributed by atoms with Crippen molar-refractivity contribution >= 4 is 17.9 Å². The highest BCUT2D eigenvalue weighted by molar-refractivity contribution is 5.97. The molecule has 1 rings (SSSR count). The maximum Gasteiger partial charge on any atom is 0.321 e. The SMILES string of the molecule is CNC(=O)NC(=O)C(C)OC(=O)C1CC1. The van der Waals surface area contributed by atoms with E-state index in [9.17, 15) is 14.4 Å². The molecule has 0 aromatic rings. The Hall–Kier alpha value is -1.59. The number of carbonyl (C=O) groups excluding carboxylic acids is 3. The van der Waals surface area contributed by atoms with E-state index in [2.05, 4.69) is 5.32 Å². The Balaban J connectivity index is 2.31. The molecular formula is C9H14N2O4. The van der Waals surface area contributed by atoms with E-state index in [-0.39, 0.29) is 11.9 Å². The van der Waals surface area contributed by atoms with Gasteiger partial charge in [0.2, 0.25) is 0 Å². The summed E-state index contributed by atoms with van der Waals surface area (Å²) in [7, 11) is 1.39. The number of ether oxygens (including phenoxy) is 1. The van der Waals surface area contributed by atoms with Crippen molar-refractivity contribution in [1.29, 1.82) is 0 Å². The van der Waals surface area contributed by atoms with Crippen LogP contribution in [0.2, 0.25) is 0 Å². The van der Waals surface area contributed by atoms with Crippen molar-refractivity contribution in [1.82, 2.24) is 10.6 Å². The van der Waals surface area contributed by atoms with Gasteiger partial charge in [0.1, 0.15) is 0 Å². The van der Waals surface area contributed by atoms with Crippen molar-refractivity contribution in [3.05, 3.63) is 0 Å². The van der Waals surface area contributed by atoms with Gasteiger partial charge in [-0.15, -0.1) is 0 Å². The quantitative estimate of drug-likeness (QED) is 0.636. The smallest absolute Gasteiger partial charge is 0.321 e. The van der Waals surface area contributed by atoms with Crippen molar-refractivity contribution in [2.45, 2.75) is 25.9 Å². The molecule has 0 spiro atoms. The largest absolute Gasteiger partial charge is 0.452 e. The Bertz CT molecular complexity index is 286. The minimum absolute atomic E-state index is 0.0553. The second-order valence-electron chi connectivity index (χ2n) is 3.42. The van der Waals surface area contributed by atoms with Crippen molar-refractivity contribution in [2.75, 3.05) is 7.05 Å². The molecule has 0 radical (unpaired) electrons. The Kier molecular flexibility index (Phi) is 3.65. The van der Waals surface area contributed by atoms with Gasteiger partial charge in [0.05, 0.1) is 5.92 Å². The lowest BCUT2D eigenvalue weighted by Crippen LogP contribution is -2.43. The van der Waals surface area contributed by atoms with E-state index in [1.165, 1.54) is 14.0 Å². The molecule has 3 amide bonds. The lowest BCUT2D eigenvalue weighted by molar-refractivity contribution is -0.155. The van der Waals surface area contributed by atoms with Crippen LogP contribution in [0.3, 0.4) is 0 Å². The second-order valence-corrected chi connectivity index (χ2v) is 3.42. The average molecular weight is 214 g/mol. The molecule has 1 saturated carbocycles. The summed E-state index contributed by atoms with van der Waals surface area (Å²) in [6.07, 6.45) is 0.709. The number of rotatable bonds is 3. The number of amides is 3. The molecule has 2 N–H and O–H groups in total. The maximum atomic E-state index is 11.2. The standard InChI is InChI=1S/C9H14N2O4/c1-5(7(12)11-9(14)10-2)15-8(13)6-3-4-6/h5-6H,3-4H2,1-2H3,(H2,10,11,12,14). The number of nitrogens with one attached hydrogen (secondary N) is 2. The first-order valence-corrected chi connectivity index (χ1v) is 4.77. The molecule has 0 aromatic heterocycles. The summed E-state index contributed by atoms with van der Waals surface area (Å²) in [6.45, 7) is 1.43. The van der Waals surface area contributed by atoms with Crippen LogP contribution in [0.15, 0.2) is 0 Å². The summed E-state index contributed by atoms with van der Waals surface area (Å²) in [4.78, 5) is 33.2. The number of carbonyl (C=O) groups is 3. The molecule has 0 aromatic carbocycles. The summed E-state index contributed by atoms with van der Waals surface area (Å²) in [5.41, 5.74) is 0. The van der Waals surface area contributed by atoms with E-state index in [0.717, 1.165) is 12.8 Å². The topological polar surface area (TPSA) is 84.5 Å². The molecule has 0 saturated heterocycles. The minimum Gasteiger partial charge on any atom is -0.452 e. The van der Waals surface area contributed by atoms with Gasteiger partial charge in [0, 0.05) is 7.05 Å². The minimum atomic E-state index is -0.935. The van der Waals surface area contributed by atoms with Crippen LogP contribution in [0, 0.1) is 5.92 Å². The predicted molar refractivity (Wildman–Crippen MR) is 50.9 cm³/mol. The highest BCUT2D eigenvalue weighted by Crippen LogP contribution is 2.30. The zero-order chi connectivity index (χ0) is 11.4. The molecule has 1 aliphatic rings. The van der Waals surface area contributed by atoms with E-state index in [4.69, 9.17) is 4.74 Å². The molecular weight excluding hydrogens is 200 g/mol. The zero-order valence-electron chi connectivity index (χ0n) is 8.70. The first-order chi connectivity index (χ1) is 7.04. The van der Waals surface area contributed by atoms with Crippen LogP contribution in [0.4, 0.5) is 4.79 Å². The van der Waals surface area contributed by atoms with Crippen LogP contribution < -0.4 is 10.6 Å². The van der Waals surface area contributed by atoms with Gasteiger partial charge in [-0.25, -0.2) is 4.79 Å². The lowest BCUT2D eigenvalue weighted by atomic mass is 10.3. The Labute approximate surface area is 87.4 Å². The third-order valence-electron chi connectivity index (χ3n) is 2.04. The fourth-order valence-electron chi connectivity index (χ4n) is 0.919. The van der Waals surface area contributed by atoms with Gasteiger partial charge in [0.15, 0.2) is 6.10 Å². The Morgan fingerprint density at radius 1 is 1.33 bits per heavy atom. The number of hydrogen-bond acceptors (Lipinski definition) is 4. The molecule has 0 bridgehead atoms. The highest BCUT2D eigenvalue weighted by atomic mass is 16.5. The van der Waals surface area contributed by atoms with Crippen LogP contribution in [0.1, 0.15) is 19.8 Å². The maximum absolute atomic E-state index is 11.2. The molecule has 15 heavy (non-hydrogen) atoms. The molecule has 1 aliphatic carbocycles. The number of hydrogen-bond donors (Lipinski definition) is 2. The van der Waals surface area contributed by atoms with Crippen LogP contribution in [0.5, 0.6) is 0 Å². The highest BCUT2D eigenvalue weighted by Gasteiger charge is 2.33. The summed E-state index contributed by atoms with van der Waals surface area (Å²) in [6, 6.07) is -0.616. The molecule has 1 fully saturated rings. The Morgan fingerprint density at radius 3 is 2.40 bits per heavy atom. The first kappa shape index (κ1) is 11.5. The Morgan fingerprint density at radius 2 is 1.93 bits per heavy atom. The molecule has 1 atom stereocenters. The molecule has 1 unspecified atom stereocenters. The zero-order valence-corrected chi connectivity index (χ0v) is 8.70. The van der Waals surface area contributed by atoms with Gasteiger partial charge in [0.25, 0.3) is 5.91 Å². The average Bonchev–Trinajstić information content (AvgIpc) is 3.00. The summed E-state index contributed by atoms with van der Waals surface area (Å²) < 4.78 is 4.85. The van der Waals surface area contributed by atoms with Crippen molar-refractivity contribution < 1.29 is 19.1 Å². The summed E-state index contributed by atoms with van der Waals surface area (Å²) >= 11 is 0. The summed E-state index contributed by atoms with van der Waals surface area (Å²) in [5, 5.41) is 4.26. The van der Waals surface area contributed by atoms with E-state index in [0.29, 0.717) is 0 Å². The molecule has 0 aliphatic heterocycles. The van der Waals surface area contributed by atoms with Gasteiger partial charge in [-0.1, -0.05) is 0 Å². The monoisotopic (exact) mass is 214 g/mol. The third kappa shape index (κ3) is 3.57. The van der Waals surface area contributed by atoms with Crippen LogP contribution in [-0.4, -0.2) is 31.1 Å². The fraction of sp³-hybridized carbons (Fsp3) is 0.667. The summed E-state index contributed by atoms with van der Waals surface area (Å²) in [5.74, 6) is -1.04. The van der Waals surface area contributed by atoms with E-state index >= 15 is 0 Å². The van der Waals surface area contributed by atoms with Crippen LogP contribution >= 0.6 is 0 Å².